The summed E-state index contributed by atoms with van der Waals surface area (Å²) in [6.07, 6.45) is 5.45. The second kappa shape index (κ2) is 3.89. The predicted molar refractivity (Wildman–Crippen MR) is 65.9 cm³/mol. The molecular formula is C13H14N2O2. The zero-order chi connectivity index (χ0) is 11.8. The lowest BCUT2D eigenvalue weighted by molar-refractivity contribution is 0.170. The van der Waals surface area contributed by atoms with Crippen LogP contribution in [0.3, 0.4) is 0 Å². The second-order valence-electron chi connectivity index (χ2n) is 4.30. The Morgan fingerprint density at radius 2 is 2.41 bits per heavy atom. The molecule has 1 aliphatic heterocycles. The normalized spacial score (nSPS) is 15.6. The van der Waals surface area contributed by atoms with Crippen molar-refractivity contribution in [2.45, 2.75) is 19.6 Å². The molecule has 1 aromatic carbocycles. The maximum atomic E-state index is 9.48. The Kier molecular flexibility index (Phi) is 2.37. The third-order valence-electron chi connectivity index (χ3n) is 2.86. The van der Waals surface area contributed by atoms with E-state index in [1.54, 1.807) is 6.92 Å². The van der Waals surface area contributed by atoms with Crippen molar-refractivity contribution in [3.8, 4) is 5.75 Å². The number of nitrogens with zero attached hydrogens (tertiary/aromatic N) is 2. The van der Waals surface area contributed by atoms with Gasteiger partial charge in [-0.2, -0.15) is 5.10 Å². The van der Waals surface area contributed by atoms with E-state index in [9.17, 15) is 5.11 Å². The number of fused-ring (bicyclic) bond motifs is 3. The largest absolute Gasteiger partial charge is 0.489 e. The minimum absolute atomic E-state index is 0.414. The number of hydrogen-bond acceptors (Lipinski definition) is 3. The molecule has 1 atom stereocenters. The lowest BCUT2D eigenvalue weighted by Crippen LogP contribution is -2.13. The lowest BCUT2D eigenvalue weighted by atomic mass is 10.1. The molecule has 0 amide bonds. The van der Waals surface area contributed by atoms with E-state index in [2.05, 4.69) is 11.2 Å². The Balaban J connectivity index is 2.22. The number of benzene rings is 1. The van der Waals surface area contributed by atoms with E-state index in [4.69, 9.17) is 4.74 Å². The summed E-state index contributed by atoms with van der Waals surface area (Å²) >= 11 is 0. The minimum atomic E-state index is -0.414. The van der Waals surface area contributed by atoms with Crippen LogP contribution in [-0.2, 0) is 6.54 Å². The molecule has 4 nitrogen and oxygen atoms in total. The van der Waals surface area contributed by atoms with Gasteiger partial charge < -0.3 is 9.84 Å². The molecule has 17 heavy (non-hydrogen) atoms. The summed E-state index contributed by atoms with van der Waals surface area (Å²) < 4.78 is 7.40. The quantitative estimate of drug-likeness (QED) is 0.856. The number of hydrogen-bond donors (Lipinski definition) is 1. The van der Waals surface area contributed by atoms with Gasteiger partial charge in [-0.3, -0.25) is 4.68 Å². The van der Waals surface area contributed by atoms with Gasteiger partial charge in [0, 0.05) is 10.9 Å². The Labute approximate surface area is 99.1 Å². The van der Waals surface area contributed by atoms with Crippen LogP contribution in [0.2, 0.25) is 0 Å². The van der Waals surface area contributed by atoms with Crippen LogP contribution in [0.1, 0.15) is 12.5 Å². The average Bonchev–Trinajstić information content (AvgIpc) is 2.72. The highest BCUT2D eigenvalue weighted by Crippen LogP contribution is 2.31. The molecule has 2 heterocycles. The first-order chi connectivity index (χ1) is 8.25. The summed E-state index contributed by atoms with van der Waals surface area (Å²) in [5, 5.41) is 14.9. The van der Waals surface area contributed by atoms with E-state index in [0.29, 0.717) is 13.2 Å². The predicted octanol–water partition coefficient (Wildman–Crippen LogP) is 1.82. The Morgan fingerprint density at radius 1 is 1.53 bits per heavy atom. The summed E-state index contributed by atoms with van der Waals surface area (Å²) in [7, 11) is 0. The number of aliphatic hydroxyl groups is 1. The fourth-order valence-corrected chi connectivity index (χ4v) is 2.17. The monoisotopic (exact) mass is 230 g/mol. The number of aromatic nitrogens is 2. The maximum absolute atomic E-state index is 9.48. The topological polar surface area (TPSA) is 47.3 Å². The standard InChI is InChI=1S/C13H14N2O2/c1-9(16)8-15-13-10(7-14-15)4-5-12-11(13)3-2-6-17-12/h2-5,7,9,16H,6,8H2,1H3. The molecule has 0 aliphatic carbocycles. The van der Waals surface area contributed by atoms with Gasteiger partial charge in [0.05, 0.1) is 24.4 Å². The summed E-state index contributed by atoms with van der Waals surface area (Å²) in [5.74, 6) is 0.882. The highest BCUT2D eigenvalue weighted by atomic mass is 16.5. The molecule has 1 N–H and O–H groups in total. The lowest BCUT2D eigenvalue weighted by Gasteiger charge is -2.15. The second-order valence-corrected chi connectivity index (χ2v) is 4.30. The smallest absolute Gasteiger partial charge is 0.129 e. The molecular weight excluding hydrogens is 216 g/mol. The first-order valence-electron chi connectivity index (χ1n) is 5.71. The van der Waals surface area contributed by atoms with Crippen molar-refractivity contribution in [3.05, 3.63) is 30.0 Å². The van der Waals surface area contributed by atoms with E-state index in [0.717, 1.165) is 22.2 Å². The van der Waals surface area contributed by atoms with Crippen LogP contribution in [0.15, 0.2) is 24.4 Å². The van der Waals surface area contributed by atoms with Gasteiger partial charge in [0.15, 0.2) is 0 Å². The zero-order valence-corrected chi connectivity index (χ0v) is 9.63. The number of rotatable bonds is 2. The molecule has 0 radical (unpaired) electrons. The van der Waals surface area contributed by atoms with Gasteiger partial charge in [0.1, 0.15) is 12.4 Å². The van der Waals surface area contributed by atoms with E-state index in [-0.39, 0.29) is 0 Å². The molecule has 3 rings (SSSR count). The van der Waals surface area contributed by atoms with E-state index in [1.807, 2.05) is 29.1 Å². The fraction of sp³-hybridized carbons (Fsp3) is 0.308. The maximum Gasteiger partial charge on any atom is 0.129 e. The van der Waals surface area contributed by atoms with Crippen LogP contribution in [-0.4, -0.2) is 27.6 Å². The highest BCUT2D eigenvalue weighted by molar-refractivity contribution is 5.90. The van der Waals surface area contributed by atoms with Gasteiger partial charge in [-0.25, -0.2) is 0 Å². The molecule has 0 fully saturated rings. The summed E-state index contributed by atoms with van der Waals surface area (Å²) in [4.78, 5) is 0. The van der Waals surface area contributed by atoms with Crippen molar-refractivity contribution < 1.29 is 9.84 Å². The van der Waals surface area contributed by atoms with Crippen molar-refractivity contribution in [2.75, 3.05) is 6.61 Å². The summed E-state index contributed by atoms with van der Waals surface area (Å²) in [5.41, 5.74) is 2.08. The van der Waals surface area contributed by atoms with E-state index in [1.165, 1.54) is 0 Å². The fourth-order valence-electron chi connectivity index (χ4n) is 2.17. The molecule has 0 saturated heterocycles. The van der Waals surface area contributed by atoms with Crippen molar-refractivity contribution in [2.24, 2.45) is 0 Å². The van der Waals surface area contributed by atoms with Gasteiger partial charge in [-0.1, -0.05) is 0 Å². The van der Waals surface area contributed by atoms with Crippen LogP contribution in [0, 0.1) is 0 Å². The molecule has 0 saturated carbocycles. The van der Waals surface area contributed by atoms with Gasteiger partial charge in [-0.05, 0) is 31.2 Å². The van der Waals surface area contributed by atoms with Gasteiger partial charge in [0.2, 0.25) is 0 Å². The zero-order valence-electron chi connectivity index (χ0n) is 9.63. The van der Waals surface area contributed by atoms with Crippen molar-refractivity contribution in [1.82, 2.24) is 9.78 Å². The van der Waals surface area contributed by atoms with Gasteiger partial charge >= 0.3 is 0 Å². The molecule has 0 spiro atoms. The van der Waals surface area contributed by atoms with Crippen molar-refractivity contribution >= 4 is 17.0 Å². The third kappa shape index (κ3) is 1.70. The SMILES string of the molecule is CC(O)Cn1ncc2ccc3c(c21)C=CCO3. The van der Waals surface area contributed by atoms with Gasteiger partial charge in [0.25, 0.3) is 0 Å². The molecule has 1 aliphatic rings. The average molecular weight is 230 g/mol. The molecule has 2 aromatic rings. The molecule has 0 bridgehead atoms. The first-order valence-corrected chi connectivity index (χ1v) is 5.71. The van der Waals surface area contributed by atoms with Crippen molar-refractivity contribution in [3.63, 3.8) is 0 Å². The molecule has 4 heteroatoms. The Bertz CT molecular complexity index is 584. The van der Waals surface area contributed by atoms with Crippen molar-refractivity contribution in [1.29, 1.82) is 0 Å². The first kappa shape index (κ1) is 10.4. The molecule has 1 unspecified atom stereocenters. The highest BCUT2D eigenvalue weighted by Gasteiger charge is 2.14. The minimum Gasteiger partial charge on any atom is -0.489 e. The van der Waals surface area contributed by atoms with Crippen LogP contribution in [0.4, 0.5) is 0 Å². The summed E-state index contributed by atoms with van der Waals surface area (Å²) in [6, 6.07) is 3.97. The number of ether oxygens (including phenoxy) is 1. The van der Waals surface area contributed by atoms with Crippen LogP contribution in [0.25, 0.3) is 17.0 Å². The molecule has 1 aromatic heterocycles. The molecule has 88 valence electrons. The number of aliphatic hydroxyl groups excluding tert-OH is 1. The third-order valence-corrected chi connectivity index (χ3v) is 2.86. The van der Waals surface area contributed by atoms with Gasteiger partial charge in [-0.15, -0.1) is 0 Å². The van der Waals surface area contributed by atoms with Crippen LogP contribution < -0.4 is 4.74 Å². The van der Waals surface area contributed by atoms with Crippen LogP contribution in [0.5, 0.6) is 5.75 Å². The summed E-state index contributed by atoms with van der Waals surface area (Å²) in [6.45, 7) is 2.87. The Morgan fingerprint density at radius 3 is 3.24 bits per heavy atom. The van der Waals surface area contributed by atoms with E-state index >= 15 is 0 Å². The van der Waals surface area contributed by atoms with E-state index < -0.39 is 6.10 Å². The van der Waals surface area contributed by atoms with Crippen LogP contribution >= 0.6 is 0 Å². The Hall–Kier alpha value is -1.81.